The molecule has 0 spiro atoms. The first-order valence-corrected chi connectivity index (χ1v) is 10.5. The number of hydrogen-bond donors (Lipinski definition) is 3. The molecule has 0 radical (unpaired) electrons. The maximum absolute atomic E-state index is 10.8. The molecule has 1 aromatic heterocycles. The van der Waals surface area contributed by atoms with Crippen LogP contribution < -0.4 is 10.9 Å². The molecule has 146 valence electrons. The van der Waals surface area contributed by atoms with Gasteiger partial charge in [0.05, 0.1) is 5.69 Å². The van der Waals surface area contributed by atoms with Crippen LogP contribution in [0.5, 0.6) is 0 Å². The van der Waals surface area contributed by atoms with Gasteiger partial charge in [0.1, 0.15) is 0 Å². The molecule has 0 amide bonds. The highest BCUT2D eigenvalue weighted by molar-refractivity contribution is 7.08. The van der Waals surface area contributed by atoms with Gasteiger partial charge in [0.2, 0.25) is 0 Å². The second-order valence-corrected chi connectivity index (χ2v) is 7.64. The van der Waals surface area contributed by atoms with Crippen LogP contribution in [0.3, 0.4) is 0 Å². The molecule has 0 fully saturated rings. The van der Waals surface area contributed by atoms with Gasteiger partial charge in [0.15, 0.2) is 0 Å². The fourth-order valence-electron chi connectivity index (χ4n) is 3.66. The van der Waals surface area contributed by atoms with Crippen LogP contribution in [0.1, 0.15) is 41.2 Å². The van der Waals surface area contributed by atoms with E-state index in [-0.39, 0.29) is 0 Å². The van der Waals surface area contributed by atoms with E-state index >= 15 is 0 Å². The summed E-state index contributed by atoms with van der Waals surface area (Å²) in [5, 5.41) is 13.2. The Hall–Kier alpha value is -3.15. The summed E-state index contributed by atoms with van der Waals surface area (Å²) in [6, 6.07) is 16.8. The third kappa shape index (κ3) is 4.16. The van der Waals surface area contributed by atoms with Crippen LogP contribution in [0.4, 0.5) is 5.69 Å². The minimum Gasteiger partial charge on any atom is -0.478 e. The normalized spacial score (nSPS) is 13.8. The number of hydrogen-bond acceptors (Lipinski definition) is 4. The van der Waals surface area contributed by atoms with Crippen LogP contribution >= 0.6 is 11.3 Å². The van der Waals surface area contributed by atoms with E-state index in [9.17, 15) is 4.79 Å². The minimum absolute atomic E-state index is 0.801. The summed E-state index contributed by atoms with van der Waals surface area (Å²) in [5.74, 6) is -0.944. The largest absolute Gasteiger partial charge is 0.478 e. The van der Waals surface area contributed by atoms with Crippen LogP contribution in [0.25, 0.3) is 17.2 Å². The average Bonchev–Trinajstić information content (AvgIpc) is 3.42. The highest BCUT2D eigenvalue weighted by Gasteiger charge is 2.16. The van der Waals surface area contributed by atoms with Crippen LogP contribution in [0.2, 0.25) is 0 Å². The summed E-state index contributed by atoms with van der Waals surface area (Å²) >= 11 is 1.70. The van der Waals surface area contributed by atoms with Crippen molar-refractivity contribution < 1.29 is 9.90 Å². The summed E-state index contributed by atoms with van der Waals surface area (Å²) < 4.78 is 0. The van der Waals surface area contributed by atoms with Crippen molar-refractivity contribution in [2.24, 2.45) is 0 Å². The van der Waals surface area contributed by atoms with Crippen LogP contribution in [0.15, 0.2) is 65.4 Å². The lowest BCUT2D eigenvalue weighted by molar-refractivity contribution is -0.131. The van der Waals surface area contributed by atoms with Crippen molar-refractivity contribution in [3.8, 4) is 0 Å². The second kappa shape index (κ2) is 8.47. The Bertz CT molecular complexity index is 1080. The number of fused-ring (bicyclic) bond motifs is 1. The summed E-state index contributed by atoms with van der Waals surface area (Å²) in [6.45, 7) is 2.99. The smallest absolute Gasteiger partial charge is 0.328 e. The highest BCUT2D eigenvalue weighted by Crippen LogP contribution is 2.37. The Balaban J connectivity index is 1.84. The fourth-order valence-corrected chi connectivity index (χ4v) is 4.33. The number of aliphatic carboxylic acids is 1. The van der Waals surface area contributed by atoms with Crippen molar-refractivity contribution in [1.82, 2.24) is 5.43 Å². The first-order chi connectivity index (χ1) is 14.2. The Morgan fingerprint density at radius 1 is 1.10 bits per heavy atom. The predicted molar refractivity (Wildman–Crippen MR) is 121 cm³/mol. The summed E-state index contributed by atoms with van der Waals surface area (Å²) in [5.41, 5.74) is 15.7. The lowest BCUT2D eigenvalue weighted by Crippen LogP contribution is -2.10. The number of nitrogens with one attached hydrogen (secondary N) is 2. The summed E-state index contributed by atoms with van der Waals surface area (Å²) in [4.78, 5) is 10.8. The maximum Gasteiger partial charge on any atom is 0.328 e. The Morgan fingerprint density at radius 2 is 1.90 bits per heavy atom. The molecule has 0 aliphatic carbocycles. The van der Waals surface area contributed by atoms with Crippen molar-refractivity contribution >= 4 is 40.2 Å². The van der Waals surface area contributed by atoms with Gasteiger partial charge in [-0.3, -0.25) is 0 Å². The zero-order valence-electron chi connectivity index (χ0n) is 16.1. The van der Waals surface area contributed by atoms with Crippen molar-refractivity contribution in [2.45, 2.75) is 19.9 Å². The van der Waals surface area contributed by atoms with Gasteiger partial charge in [-0.15, -0.1) is 0 Å². The molecule has 0 bridgehead atoms. The zero-order chi connectivity index (χ0) is 20.2. The number of carboxylic acids is 1. The Labute approximate surface area is 174 Å². The SMILES string of the molecule is CC/C(=C(/c1ccc(/C=C/C(=O)O)cc1)c1ccc2c(c1)CNN2)c1ccsc1. The van der Waals surface area contributed by atoms with Crippen molar-refractivity contribution in [3.05, 3.63) is 93.2 Å². The second-order valence-electron chi connectivity index (χ2n) is 6.86. The summed E-state index contributed by atoms with van der Waals surface area (Å²) in [6.07, 6.45) is 3.69. The summed E-state index contributed by atoms with van der Waals surface area (Å²) in [7, 11) is 0. The van der Waals surface area contributed by atoms with E-state index in [2.05, 4.69) is 64.9 Å². The maximum atomic E-state index is 10.8. The monoisotopic (exact) mass is 402 g/mol. The van der Waals surface area contributed by atoms with E-state index in [4.69, 9.17) is 5.11 Å². The Kier molecular flexibility index (Phi) is 5.60. The molecule has 5 heteroatoms. The molecule has 1 aliphatic heterocycles. The van der Waals surface area contributed by atoms with Crippen LogP contribution in [0, 0.1) is 0 Å². The number of benzene rings is 2. The van der Waals surface area contributed by atoms with Gasteiger partial charge in [0, 0.05) is 12.6 Å². The number of allylic oxidation sites excluding steroid dienone is 1. The fraction of sp³-hybridized carbons (Fsp3) is 0.125. The lowest BCUT2D eigenvalue weighted by atomic mass is 9.88. The molecule has 0 unspecified atom stereocenters. The molecule has 0 saturated heterocycles. The van der Waals surface area contributed by atoms with Gasteiger partial charge < -0.3 is 10.5 Å². The van der Waals surface area contributed by atoms with Gasteiger partial charge in [-0.2, -0.15) is 11.3 Å². The van der Waals surface area contributed by atoms with Gasteiger partial charge >= 0.3 is 5.97 Å². The molecule has 0 atom stereocenters. The van der Waals surface area contributed by atoms with Crippen LogP contribution in [-0.2, 0) is 11.3 Å². The van der Waals surface area contributed by atoms with E-state index in [1.54, 1.807) is 17.4 Å². The number of anilines is 1. The molecule has 4 rings (SSSR count). The van der Waals surface area contributed by atoms with Crippen LogP contribution in [-0.4, -0.2) is 11.1 Å². The van der Waals surface area contributed by atoms with Crippen molar-refractivity contribution in [3.63, 3.8) is 0 Å². The molecular weight excluding hydrogens is 380 g/mol. The standard InChI is InChI=1S/C24H22N2O2S/c1-2-21(19-11-12-29-15-19)24(18-8-9-22-20(13-18)14-25-26-22)17-6-3-16(4-7-17)5-10-23(27)28/h3-13,15,25-26H,2,14H2,1H3,(H,27,28)/b10-5+,24-21+. The first kappa shape index (κ1) is 19.2. The third-order valence-electron chi connectivity index (χ3n) is 5.04. The molecule has 3 aromatic rings. The number of thiophene rings is 1. The zero-order valence-corrected chi connectivity index (χ0v) is 16.9. The lowest BCUT2D eigenvalue weighted by Gasteiger charge is -2.16. The highest BCUT2D eigenvalue weighted by atomic mass is 32.1. The van der Waals surface area contributed by atoms with Gasteiger partial charge in [-0.25, -0.2) is 10.2 Å². The predicted octanol–water partition coefficient (Wildman–Crippen LogP) is 5.65. The first-order valence-electron chi connectivity index (χ1n) is 9.55. The third-order valence-corrected chi connectivity index (χ3v) is 5.72. The van der Waals surface area contributed by atoms with Crippen molar-refractivity contribution in [2.75, 3.05) is 5.43 Å². The van der Waals surface area contributed by atoms with Gasteiger partial charge in [-0.1, -0.05) is 37.3 Å². The number of hydrazine groups is 1. The number of carboxylic acid groups (broad SMARTS) is 1. The molecule has 0 saturated carbocycles. The van der Waals surface area contributed by atoms with E-state index in [1.165, 1.54) is 27.8 Å². The van der Waals surface area contributed by atoms with E-state index in [0.717, 1.165) is 35.9 Å². The Morgan fingerprint density at radius 3 is 2.59 bits per heavy atom. The topological polar surface area (TPSA) is 61.4 Å². The number of rotatable bonds is 6. The molecule has 4 nitrogen and oxygen atoms in total. The van der Waals surface area contributed by atoms with E-state index in [1.807, 2.05) is 12.1 Å². The van der Waals surface area contributed by atoms with Gasteiger partial charge in [0.25, 0.3) is 0 Å². The minimum atomic E-state index is -0.944. The molecule has 29 heavy (non-hydrogen) atoms. The van der Waals surface area contributed by atoms with Crippen molar-refractivity contribution in [1.29, 1.82) is 0 Å². The molecule has 2 aromatic carbocycles. The molecule has 2 heterocycles. The quantitative estimate of drug-likeness (QED) is 0.467. The molecule has 3 N–H and O–H groups in total. The average molecular weight is 403 g/mol. The molecule has 1 aliphatic rings. The van der Waals surface area contributed by atoms with Gasteiger partial charge in [-0.05, 0) is 80.4 Å². The van der Waals surface area contributed by atoms with E-state index < -0.39 is 5.97 Å². The number of carbonyl (C=O) groups is 1. The van der Waals surface area contributed by atoms with E-state index in [0.29, 0.717) is 0 Å². The molecular formula is C24H22N2O2S.